The lowest BCUT2D eigenvalue weighted by atomic mass is 9.97. The van der Waals surface area contributed by atoms with Gasteiger partial charge in [0, 0.05) is 16.8 Å². The predicted octanol–water partition coefficient (Wildman–Crippen LogP) is 2.95. The molecule has 0 aliphatic carbocycles. The lowest BCUT2D eigenvalue weighted by Gasteiger charge is -2.19. The van der Waals surface area contributed by atoms with Gasteiger partial charge >= 0.3 is 0 Å². The second-order valence-electron chi connectivity index (χ2n) is 4.43. The van der Waals surface area contributed by atoms with E-state index in [-0.39, 0.29) is 6.42 Å². The minimum absolute atomic E-state index is 0.244. The molecule has 0 aromatic heterocycles. The molecule has 0 amide bonds. The summed E-state index contributed by atoms with van der Waals surface area (Å²) >= 11 is 5.83. The topological polar surface area (TPSA) is 64.1 Å². The first-order valence-corrected chi connectivity index (χ1v) is 6.34. The van der Waals surface area contributed by atoms with Gasteiger partial charge in [0.2, 0.25) is 0 Å². The Kier molecular flexibility index (Phi) is 4.54. The van der Waals surface area contributed by atoms with Crippen LogP contribution in [0.3, 0.4) is 0 Å². The van der Waals surface area contributed by atoms with E-state index in [1.165, 1.54) is 12.1 Å². The number of benzene rings is 2. The highest BCUT2D eigenvalue weighted by molar-refractivity contribution is 6.30. The van der Waals surface area contributed by atoms with Crippen LogP contribution in [0.5, 0.6) is 0 Å². The monoisotopic (exact) mass is 297 g/mol. The molecule has 0 aliphatic rings. The van der Waals surface area contributed by atoms with E-state index in [0.29, 0.717) is 21.8 Å². The lowest BCUT2D eigenvalue weighted by Crippen LogP contribution is -2.30. The molecule has 1 unspecified atom stereocenters. The minimum Gasteiger partial charge on any atom is -0.398 e. The van der Waals surface area contributed by atoms with Crippen molar-refractivity contribution in [1.29, 1.82) is 0 Å². The quantitative estimate of drug-likeness (QED) is 0.462. The summed E-state index contributed by atoms with van der Waals surface area (Å²) in [6.45, 7) is 0. The summed E-state index contributed by atoms with van der Waals surface area (Å²) in [5.74, 6) is 4.28. The number of anilines is 1. The van der Waals surface area contributed by atoms with Crippen LogP contribution in [0.4, 0.5) is 14.5 Å². The molecule has 1 atom stereocenters. The van der Waals surface area contributed by atoms with Crippen molar-refractivity contribution in [3.8, 4) is 0 Å². The Labute approximate surface area is 120 Å². The van der Waals surface area contributed by atoms with Crippen molar-refractivity contribution >= 4 is 17.3 Å². The molecule has 0 radical (unpaired) electrons. The van der Waals surface area contributed by atoms with Crippen molar-refractivity contribution in [1.82, 2.24) is 5.43 Å². The van der Waals surface area contributed by atoms with E-state index < -0.39 is 17.7 Å². The summed E-state index contributed by atoms with van der Waals surface area (Å²) in [6, 6.07) is 8.05. The fourth-order valence-electron chi connectivity index (χ4n) is 2.03. The zero-order chi connectivity index (χ0) is 14.7. The van der Waals surface area contributed by atoms with Gasteiger partial charge in [-0.05, 0) is 35.7 Å². The lowest BCUT2D eigenvalue weighted by molar-refractivity contribution is 0.523. The molecule has 0 saturated carbocycles. The van der Waals surface area contributed by atoms with Gasteiger partial charge in [0.05, 0.1) is 6.04 Å². The number of rotatable bonds is 4. The molecule has 0 saturated heterocycles. The first-order valence-electron chi connectivity index (χ1n) is 5.96. The number of halogens is 3. The van der Waals surface area contributed by atoms with Crippen LogP contribution in [-0.2, 0) is 6.42 Å². The number of hydrogen-bond donors (Lipinski definition) is 3. The van der Waals surface area contributed by atoms with Gasteiger partial charge in [-0.15, -0.1) is 0 Å². The molecule has 106 valence electrons. The number of hydrogen-bond acceptors (Lipinski definition) is 3. The van der Waals surface area contributed by atoms with Gasteiger partial charge < -0.3 is 5.73 Å². The third kappa shape index (κ3) is 3.25. The molecule has 2 aromatic carbocycles. The SMILES string of the molecule is NNC(Cc1ccc(F)cc1F)c1ccc(Cl)cc1N. The highest BCUT2D eigenvalue weighted by atomic mass is 35.5. The van der Waals surface area contributed by atoms with Crippen molar-refractivity contribution in [2.45, 2.75) is 12.5 Å². The van der Waals surface area contributed by atoms with Crippen molar-refractivity contribution in [2.24, 2.45) is 5.84 Å². The van der Waals surface area contributed by atoms with Crippen LogP contribution in [0.25, 0.3) is 0 Å². The van der Waals surface area contributed by atoms with Crippen LogP contribution in [0.1, 0.15) is 17.2 Å². The zero-order valence-corrected chi connectivity index (χ0v) is 11.3. The Morgan fingerprint density at radius 1 is 1.15 bits per heavy atom. The Morgan fingerprint density at radius 3 is 2.50 bits per heavy atom. The molecule has 3 nitrogen and oxygen atoms in total. The smallest absolute Gasteiger partial charge is 0.129 e. The van der Waals surface area contributed by atoms with E-state index in [1.54, 1.807) is 18.2 Å². The first kappa shape index (κ1) is 14.7. The summed E-state index contributed by atoms with van der Waals surface area (Å²) in [5.41, 5.74) is 9.99. The van der Waals surface area contributed by atoms with Gasteiger partial charge in [0.15, 0.2) is 0 Å². The second kappa shape index (κ2) is 6.17. The van der Waals surface area contributed by atoms with Gasteiger partial charge in [-0.1, -0.05) is 23.7 Å². The fraction of sp³-hybridized carbons (Fsp3) is 0.143. The normalized spacial score (nSPS) is 12.4. The summed E-state index contributed by atoms with van der Waals surface area (Å²) in [5, 5.41) is 0.509. The molecule has 0 spiro atoms. The van der Waals surface area contributed by atoms with E-state index in [9.17, 15) is 8.78 Å². The molecule has 0 bridgehead atoms. The molecule has 20 heavy (non-hydrogen) atoms. The van der Waals surface area contributed by atoms with Gasteiger partial charge in [-0.25, -0.2) is 8.78 Å². The third-order valence-corrected chi connectivity index (χ3v) is 3.30. The summed E-state index contributed by atoms with van der Waals surface area (Å²) in [4.78, 5) is 0. The Bertz CT molecular complexity index is 619. The molecule has 2 aromatic rings. The largest absolute Gasteiger partial charge is 0.398 e. The number of nitrogens with one attached hydrogen (secondary N) is 1. The highest BCUT2D eigenvalue weighted by Crippen LogP contribution is 2.27. The van der Waals surface area contributed by atoms with Crippen molar-refractivity contribution in [2.75, 3.05) is 5.73 Å². The number of nitrogen functional groups attached to an aromatic ring is 1. The molecule has 5 N–H and O–H groups in total. The number of nitrogens with two attached hydrogens (primary N) is 2. The molecular weight excluding hydrogens is 284 g/mol. The third-order valence-electron chi connectivity index (χ3n) is 3.06. The van der Waals surface area contributed by atoms with Crippen LogP contribution < -0.4 is 17.0 Å². The summed E-state index contributed by atoms with van der Waals surface area (Å²) in [7, 11) is 0. The predicted molar refractivity (Wildman–Crippen MR) is 76.0 cm³/mol. The van der Waals surface area contributed by atoms with Gasteiger partial charge in [-0.2, -0.15) is 0 Å². The van der Waals surface area contributed by atoms with E-state index in [0.717, 1.165) is 6.07 Å². The summed E-state index contributed by atoms with van der Waals surface area (Å²) < 4.78 is 26.5. The Morgan fingerprint density at radius 2 is 1.90 bits per heavy atom. The highest BCUT2D eigenvalue weighted by Gasteiger charge is 2.16. The van der Waals surface area contributed by atoms with Crippen molar-refractivity contribution < 1.29 is 8.78 Å². The van der Waals surface area contributed by atoms with Crippen LogP contribution >= 0.6 is 11.6 Å². The van der Waals surface area contributed by atoms with Crippen LogP contribution in [0, 0.1) is 11.6 Å². The van der Waals surface area contributed by atoms with Gasteiger partial charge in [-0.3, -0.25) is 11.3 Å². The second-order valence-corrected chi connectivity index (χ2v) is 4.87. The molecule has 6 heteroatoms. The maximum absolute atomic E-state index is 13.7. The van der Waals surface area contributed by atoms with E-state index in [4.69, 9.17) is 23.2 Å². The average Bonchev–Trinajstić information content (AvgIpc) is 2.39. The molecule has 0 aliphatic heterocycles. The molecule has 0 fully saturated rings. The number of hydrazine groups is 1. The van der Waals surface area contributed by atoms with Gasteiger partial charge in [0.1, 0.15) is 11.6 Å². The minimum atomic E-state index is -0.616. The zero-order valence-electron chi connectivity index (χ0n) is 10.5. The van der Waals surface area contributed by atoms with E-state index in [1.807, 2.05) is 0 Å². The van der Waals surface area contributed by atoms with Crippen LogP contribution in [0.15, 0.2) is 36.4 Å². The average molecular weight is 298 g/mol. The maximum Gasteiger partial charge on any atom is 0.129 e. The van der Waals surface area contributed by atoms with E-state index >= 15 is 0 Å². The van der Waals surface area contributed by atoms with Crippen molar-refractivity contribution in [3.63, 3.8) is 0 Å². The van der Waals surface area contributed by atoms with Crippen molar-refractivity contribution in [3.05, 3.63) is 64.2 Å². The standard InChI is InChI=1S/C14H14ClF2N3/c15-9-2-4-11(13(18)6-9)14(20-19)5-8-1-3-10(16)7-12(8)17/h1-4,6-7,14,20H,5,18-19H2. The Balaban J connectivity index is 2.28. The molecule has 0 heterocycles. The molecular formula is C14H14ClF2N3. The van der Waals surface area contributed by atoms with Gasteiger partial charge in [0.25, 0.3) is 0 Å². The Hall–Kier alpha value is -1.69. The van der Waals surface area contributed by atoms with E-state index in [2.05, 4.69) is 5.43 Å². The summed E-state index contributed by atoms with van der Waals surface area (Å²) in [6.07, 6.45) is 0.244. The maximum atomic E-state index is 13.7. The van der Waals surface area contributed by atoms with Crippen LogP contribution in [0.2, 0.25) is 5.02 Å². The fourth-order valence-corrected chi connectivity index (χ4v) is 2.21. The first-order chi connectivity index (χ1) is 9.51. The van der Waals surface area contributed by atoms with Crippen LogP contribution in [-0.4, -0.2) is 0 Å². The molecule has 2 rings (SSSR count).